The molecule has 0 amide bonds. The second-order valence-electron chi connectivity index (χ2n) is 3.45. The van der Waals surface area contributed by atoms with Crippen LogP contribution in [0.4, 0.5) is 17.6 Å². The Morgan fingerprint density at radius 1 is 1.29 bits per heavy atom. The molecule has 1 rings (SSSR count). The van der Waals surface area contributed by atoms with Crippen LogP contribution < -0.4 is 5.32 Å². The number of benzene rings is 1. The smallest absolute Gasteiger partial charge is 0.311 e. The van der Waals surface area contributed by atoms with Crippen molar-refractivity contribution in [2.24, 2.45) is 5.92 Å². The van der Waals surface area contributed by atoms with Gasteiger partial charge < -0.3 is 5.32 Å². The number of hydrogen-bond acceptors (Lipinski definition) is 2. The first-order valence-corrected chi connectivity index (χ1v) is 4.85. The molecule has 0 aromatic heterocycles. The summed E-state index contributed by atoms with van der Waals surface area (Å²) in [5.74, 6) is -2.56. The van der Waals surface area contributed by atoms with Gasteiger partial charge >= 0.3 is 6.18 Å². The fraction of sp³-hybridized carbons (Fsp3) is 0.364. The van der Waals surface area contributed by atoms with E-state index in [0.29, 0.717) is 0 Å². The predicted octanol–water partition coefficient (Wildman–Crippen LogP) is 2.62. The van der Waals surface area contributed by atoms with Crippen molar-refractivity contribution >= 4 is 0 Å². The molecule has 1 unspecified atom stereocenters. The lowest BCUT2D eigenvalue weighted by Gasteiger charge is -2.13. The summed E-state index contributed by atoms with van der Waals surface area (Å²) in [6.07, 6.45) is -4.56. The molecule has 0 bridgehead atoms. The molecule has 0 aliphatic rings. The predicted molar refractivity (Wildman–Crippen MR) is 53.3 cm³/mol. The second kappa shape index (κ2) is 5.64. The summed E-state index contributed by atoms with van der Waals surface area (Å²) in [6.45, 7) is -0.588. The van der Waals surface area contributed by atoms with E-state index in [4.69, 9.17) is 5.26 Å². The zero-order valence-electron chi connectivity index (χ0n) is 8.76. The summed E-state index contributed by atoms with van der Waals surface area (Å²) in [6, 6.07) is 6.94. The molecule has 0 aliphatic carbocycles. The summed E-state index contributed by atoms with van der Waals surface area (Å²) in [5.41, 5.74) is 0.270. The van der Waals surface area contributed by atoms with Crippen molar-refractivity contribution in [3.8, 4) is 6.07 Å². The number of nitrogens with zero attached hydrogens (tertiary/aromatic N) is 1. The van der Waals surface area contributed by atoms with E-state index >= 15 is 0 Å². The minimum atomic E-state index is -4.56. The van der Waals surface area contributed by atoms with Crippen LogP contribution in [-0.2, 0) is 6.54 Å². The number of alkyl halides is 3. The summed E-state index contributed by atoms with van der Waals surface area (Å²) < 4.78 is 49.7. The lowest BCUT2D eigenvalue weighted by Crippen LogP contribution is -2.32. The van der Waals surface area contributed by atoms with Gasteiger partial charge in [0.2, 0.25) is 0 Å². The molecule has 0 saturated carbocycles. The molecule has 17 heavy (non-hydrogen) atoms. The summed E-state index contributed by atoms with van der Waals surface area (Å²) in [5, 5.41) is 10.7. The highest BCUT2D eigenvalue weighted by Gasteiger charge is 2.39. The summed E-state index contributed by atoms with van der Waals surface area (Å²) in [4.78, 5) is 0. The summed E-state index contributed by atoms with van der Waals surface area (Å²) >= 11 is 0. The Kier molecular flexibility index (Phi) is 4.46. The van der Waals surface area contributed by atoms with E-state index in [0.717, 1.165) is 6.07 Å². The van der Waals surface area contributed by atoms with Crippen LogP contribution in [0.2, 0.25) is 0 Å². The monoisotopic (exact) mass is 246 g/mol. The van der Waals surface area contributed by atoms with Gasteiger partial charge in [0.15, 0.2) is 5.92 Å². The van der Waals surface area contributed by atoms with E-state index < -0.39 is 24.5 Å². The average Bonchev–Trinajstić information content (AvgIpc) is 2.25. The third kappa shape index (κ3) is 4.04. The van der Waals surface area contributed by atoms with Crippen molar-refractivity contribution < 1.29 is 17.6 Å². The van der Waals surface area contributed by atoms with Gasteiger partial charge in [0.1, 0.15) is 5.82 Å². The van der Waals surface area contributed by atoms with Crippen molar-refractivity contribution in [1.29, 1.82) is 5.26 Å². The number of hydrogen-bond donors (Lipinski definition) is 1. The average molecular weight is 246 g/mol. The van der Waals surface area contributed by atoms with Crippen LogP contribution in [-0.4, -0.2) is 12.7 Å². The van der Waals surface area contributed by atoms with Crippen molar-refractivity contribution in [3.05, 3.63) is 35.6 Å². The molecule has 1 N–H and O–H groups in total. The van der Waals surface area contributed by atoms with Gasteiger partial charge in [-0.05, 0) is 6.07 Å². The van der Waals surface area contributed by atoms with Crippen LogP contribution >= 0.6 is 0 Å². The zero-order valence-corrected chi connectivity index (χ0v) is 8.76. The highest BCUT2D eigenvalue weighted by atomic mass is 19.4. The van der Waals surface area contributed by atoms with Gasteiger partial charge in [-0.3, -0.25) is 0 Å². The largest absolute Gasteiger partial charge is 0.405 e. The van der Waals surface area contributed by atoms with Crippen LogP contribution in [0, 0.1) is 23.1 Å². The molecular weight excluding hydrogens is 236 g/mol. The second-order valence-corrected chi connectivity index (χ2v) is 3.45. The van der Waals surface area contributed by atoms with Crippen LogP contribution in [0.25, 0.3) is 0 Å². The number of halogens is 4. The number of rotatable bonds is 4. The van der Waals surface area contributed by atoms with Gasteiger partial charge in [-0.25, -0.2) is 4.39 Å². The third-order valence-electron chi connectivity index (χ3n) is 2.17. The van der Waals surface area contributed by atoms with E-state index in [1.807, 2.05) is 0 Å². The molecule has 6 heteroatoms. The van der Waals surface area contributed by atoms with E-state index in [1.54, 1.807) is 6.07 Å². The molecule has 0 fully saturated rings. The van der Waals surface area contributed by atoms with Gasteiger partial charge in [-0.1, -0.05) is 18.2 Å². The van der Waals surface area contributed by atoms with Gasteiger partial charge in [0.25, 0.3) is 0 Å². The van der Waals surface area contributed by atoms with Crippen molar-refractivity contribution in [2.45, 2.75) is 12.7 Å². The molecule has 1 aromatic rings. The Bertz CT molecular complexity index is 409. The highest BCUT2D eigenvalue weighted by Crippen LogP contribution is 2.24. The van der Waals surface area contributed by atoms with Crippen molar-refractivity contribution in [3.63, 3.8) is 0 Å². The molecule has 92 valence electrons. The highest BCUT2D eigenvalue weighted by molar-refractivity contribution is 5.16. The molecule has 0 heterocycles. The molecule has 2 nitrogen and oxygen atoms in total. The topological polar surface area (TPSA) is 35.8 Å². The summed E-state index contributed by atoms with van der Waals surface area (Å²) in [7, 11) is 0. The van der Waals surface area contributed by atoms with E-state index in [1.165, 1.54) is 18.2 Å². The molecule has 1 aromatic carbocycles. The number of nitrogens with one attached hydrogen (secondary N) is 1. The molecule has 0 saturated heterocycles. The molecule has 0 spiro atoms. The molecular formula is C11H10F4N2. The standard InChI is InChI=1S/C11H10F4N2/c12-10-4-2-1-3-8(10)6-17-7-9(5-16)11(13,14)15/h1-4,9,17H,6-7H2. The lowest BCUT2D eigenvalue weighted by molar-refractivity contribution is -0.157. The van der Waals surface area contributed by atoms with E-state index in [9.17, 15) is 17.6 Å². The first-order valence-electron chi connectivity index (χ1n) is 4.85. The Balaban J connectivity index is 2.48. The van der Waals surface area contributed by atoms with Crippen molar-refractivity contribution in [2.75, 3.05) is 6.54 Å². The fourth-order valence-electron chi connectivity index (χ4n) is 1.23. The van der Waals surface area contributed by atoms with Gasteiger partial charge in [0.05, 0.1) is 6.07 Å². The first kappa shape index (κ1) is 13.5. The minimum Gasteiger partial charge on any atom is -0.311 e. The van der Waals surface area contributed by atoms with E-state index in [-0.39, 0.29) is 12.1 Å². The Labute approximate surface area is 95.9 Å². The molecule has 0 radical (unpaired) electrons. The maximum Gasteiger partial charge on any atom is 0.405 e. The lowest BCUT2D eigenvalue weighted by atomic mass is 10.1. The normalized spacial score (nSPS) is 13.1. The maximum atomic E-state index is 13.1. The first-order chi connectivity index (χ1) is 7.95. The van der Waals surface area contributed by atoms with Crippen molar-refractivity contribution in [1.82, 2.24) is 5.32 Å². The van der Waals surface area contributed by atoms with Gasteiger partial charge in [0, 0.05) is 18.7 Å². The molecule has 1 atom stereocenters. The number of nitriles is 1. The Morgan fingerprint density at radius 3 is 2.47 bits per heavy atom. The Morgan fingerprint density at radius 2 is 1.94 bits per heavy atom. The van der Waals surface area contributed by atoms with Crippen LogP contribution in [0.1, 0.15) is 5.56 Å². The minimum absolute atomic E-state index is 0.0407. The van der Waals surface area contributed by atoms with Gasteiger partial charge in [-0.2, -0.15) is 18.4 Å². The Hall–Kier alpha value is -1.61. The van der Waals surface area contributed by atoms with Gasteiger partial charge in [-0.15, -0.1) is 0 Å². The van der Waals surface area contributed by atoms with Crippen LogP contribution in [0.5, 0.6) is 0 Å². The fourth-order valence-corrected chi connectivity index (χ4v) is 1.23. The van der Waals surface area contributed by atoms with Crippen LogP contribution in [0.15, 0.2) is 24.3 Å². The third-order valence-corrected chi connectivity index (χ3v) is 2.17. The van der Waals surface area contributed by atoms with E-state index in [2.05, 4.69) is 5.32 Å². The quantitative estimate of drug-likeness (QED) is 0.829. The van der Waals surface area contributed by atoms with Crippen LogP contribution in [0.3, 0.4) is 0 Å². The SMILES string of the molecule is N#CC(CNCc1ccccc1F)C(F)(F)F. The molecule has 0 aliphatic heterocycles. The maximum absolute atomic E-state index is 13.1. The zero-order chi connectivity index (χ0) is 12.9.